The zero-order valence-corrected chi connectivity index (χ0v) is 40.3. The van der Waals surface area contributed by atoms with E-state index in [1.54, 1.807) is 0 Å². The van der Waals surface area contributed by atoms with Gasteiger partial charge in [-0.1, -0.05) is 212 Å². The molecular formula is C52H99NO10. The molecule has 0 bridgehead atoms. The van der Waals surface area contributed by atoms with E-state index in [2.05, 4.69) is 43.5 Å². The number of hydrogen-bond donors (Lipinski definition) is 8. The molecule has 0 aromatic heterocycles. The maximum absolute atomic E-state index is 13.1. The third-order valence-corrected chi connectivity index (χ3v) is 12.8. The molecule has 11 nitrogen and oxygen atoms in total. The summed E-state index contributed by atoms with van der Waals surface area (Å²) in [6.45, 7) is 3.45. The maximum atomic E-state index is 13.1. The van der Waals surface area contributed by atoms with Crippen molar-refractivity contribution in [3.05, 3.63) is 24.3 Å². The van der Waals surface area contributed by atoms with Gasteiger partial charge in [0.1, 0.15) is 36.6 Å². The van der Waals surface area contributed by atoms with E-state index in [1.165, 1.54) is 128 Å². The van der Waals surface area contributed by atoms with Crippen LogP contribution in [0.2, 0.25) is 0 Å². The minimum atomic E-state index is -1.66. The molecule has 0 aromatic carbocycles. The van der Waals surface area contributed by atoms with Gasteiger partial charge >= 0.3 is 0 Å². The fourth-order valence-corrected chi connectivity index (χ4v) is 8.41. The van der Waals surface area contributed by atoms with Gasteiger partial charge in [-0.15, -0.1) is 0 Å². The van der Waals surface area contributed by atoms with Gasteiger partial charge in [-0.25, -0.2) is 0 Å². The predicted molar refractivity (Wildman–Crippen MR) is 256 cm³/mol. The fraction of sp³-hybridized carbons (Fsp3) is 0.904. The Morgan fingerprint density at radius 3 is 1.41 bits per heavy atom. The summed E-state index contributed by atoms with van der Waals surface area (Å²) in [5, 5.41) is 75.9. The minimum Gasteiger partial charge on any atom is -0.394 e. The van der Waals surface area contributed by atoms with Gasteiger partial charge < -0.3 is 50.5 Å². The molecule has 1 fully saturated rings. The fourth-order valence-electron chi connectivity index (χ4n) is 8.41. The second-order valence-corrected chi connectivity index (χ2v) is 18.6. The average Bonchev–Trinajstić information content (AvgIpc) is 3.28. The summed E-state index contributed by atoms with van der Waals surface area (Å²) in [6, 6.07) is -1.17. The Bertz CT molecular complexity index is 1080. The van der Waals surface area contributed by atoms with Gasteiger partial charge in [-0.3, -0.25) is 4.79 Å². The second-order valence-electron chi connectivity index (χ2n) is 18.6. The molecule has 1 rings (SSSR count). The van der Waals surface area contributed by atoms with Crippen LogP contribution in [-0.4, -0.2) is 110 Å². The maximum Gasteiger partial charge on any atom is 0.249 e. The van der Waals surface area contributed by atoms with Gasteiger partial charge in [0.15, 0.2) is 6.29 Å². The molecule has 9 unspecified atom stereocenters. The summed E-state index contributed by atoms with van der Waals surface area (Å²) in [5.41, 5.74) is 0. The summed E-state index contributed by atoms with van der Waals surface area (Å²) in [6.07, 6.45) is 36.5. The number of aliphatic hydroxyl groups excluding tert-OH is 7. The van der Waals surface area contributed by atoms with E-state index in [9.17, 15) is 40.5 Å². The van der Waals surface area contributed by atoms with Crippen LogP contribution in [0.15, 0.2) is 24.3 Å². The van der Waals surface area contributed by atoms with E-state index in [1.807, 2.05) is 0 Å². The van der Waals surface area contributed by atoms with Gasteiger partial charge in [0, 0.05) is 0 Å². The topological polar surface area (TPSA) is 189 Å². The first kappa shape index (κ1) is 59.6. The van der Waals surface area contributed by atoms with E-state index in [0.29, 0.717) is 19.3 Å². The molecule has 1 heterocycles. The van der Waals surface area contributed by atoms with Crippen LogP contribution in [-0.2, 0) is 14.3 Å². The van der Waals surface area contributed by atoms with Crippen molar-refractivity contribution in [2.75, 3.05) is 13.2 Å². The largest absolute Gasteiger partial charge is 0.394 e. The van der Waals surface area contributed by atoms with E-state index in [-0.39, 0.29) is 6.42 Å². The molecule has 8 N–H and O–H groups in total. The monoisotopic (exact) mass is 898 g/mol. The molecule has 1 aliphatic heterocycles. The highest BCUT2D eigenvalue weighted by Gasteiger charge is 2.44. The summed E-state index contributed by atoms with van der Waals surface area (Å²) < 4.78 is 11.1. The highest BCUT2D eigenvalue weighted by molar-refractivity contribution is 5.80. The van der Waals surface area contributed by atoms with Crippen molar-refractivity contribution < 1.29 is 50.0 Å². The normalized spacial score (nSPS) is 21.3. The lowest BCUT2D eigenvalue weighted by molar-refractivity contribution is -0.303. The second kappa shape index (κ2) is 42.0. The van der Waals surface area contributed by atoms with Crippen LogP contribution in [0.3, 0.4) is 0 Å². The van der Waals surface area contributed by atoms with Crippen molar-refractivity contribution >= 4 is 5.91 Å². The number of hydrogen-bond acceptors (Lipinski definition) is 10. The SMILES string of the molecule is CCCCCCCCCCC/C=C\C/C=C\CCCCCCCCC(O)C(=O)NC(COC1OC(CO)C(O)C(O)C1O)C(O)C(O)CCCCCCCCCCCCCCCC. The van der Waals surface area contributed by atoms with E-state index in [0.717, 1.165) is 64.2 Å². The van der Waals surface area contributed by atoms with Crippen LogP contribution in [0.4, 0.5) is 0 Å². The first-order chi connectivity index (χ1) is 30.7. The molecular weight excluding hydrogens is 799 g/mol. The molecule has 0 spiro atoms. The molecule has 63 heavy (non-hydrogen) atoms. The number of ether oxygens (including phenoxy) is 2. The van der Waals surface area contributed by atoms with Crippen molar-refractivity contribution in [1.29, 1.82) is 0 Å². The molecule has 9 atom stereocenters. The molecule has 11 heteroatoms. The van der Waals surface area contributed by atoms with Gasteiger partial charge in [-0.05, 0) is 44.9 Å². The summed E-state index contributed by atoms with van der Waals surface area (Å²) >= 11 is 0. The number of amides is 1. The quantitative estimate of drug-likeness (QED) is 0.0216. The van der Waals surface area contributed by atoms with Gasteiger partial charge in [0.2, 0.25) is 5.91 Å². The van der Waals surface area contributed by atoms with Crippen molar-refractivity contribution in [1.82, 2.24) is 5.32 Å². The summed E-state index contributed by atoms with van der Waals surface area (Å²) in [7, 11) is 0. The standard InChI is InChI=1S/C52H99NO10/c1-3-5-7-9-11-13-15-17-19-20-21-22-23-24-25-26-28-30-32-34-36-38-40-45(56)51(61)53-43(42-62-52-50(60)49(59)48(58)46(41-54)63-52)47(57)44(55)39-37-35-33-31-29-27-18-16-14-12-10-8-6-4-2/h21-22,24-25,43-50,52,54-60H,3-20,23,26-42H2,1-2H3,(H,53,61)/b22-21-,25-24-. The number of aliphatic hydroxyl groups is 7. The Labute approximate surface area is 384 Å². The van der Waals surface area contributed by atoms with Crippen LogP contribution in [0.1, 0.15) is 232 Å². The molecule has 0 saturated carbocycles. The van der Waals surface area contributed by atoms with Crippen LogP contribution < -0.4 is 5.32 Å². The smallest absolute Gasteiger partial charge is 0.249 e. The highest BCUT2D eigenvalue weighted by atomic mass is 16.7. The minimum absolute atomic E-state index is 0.249. The Kier molecular flexibility index (Phi) is 39.7. The van der Waals surface area contributed by atoms with Crippen LogP contribution in [0, 0.1) is 0 Å². The van der Waals surface area contributed by atoms with Gasteiger partial charge in [0.05, 0.1) is 25.4 Å². The van der Waals surface area contributed by atoms with E-state index < -0.39 is 74.2 Å². The van der Waals surface area contributed by atoms with E-state index in [4.69, 9.17) is 9.47 Å². The third-order valence-electron chi connectivity index (χ3n) is 12.8. The number of rotatable bonds is 44. The van der Waals surface area contributed by atoms with Crippen LogP contribution in [0.5, 0.6) is 0 Å². The lowest BCUT2D eigenvalue weighted by Gasteiger charge is -2.40. The Hall–Kier alpha value is -1.41. The van der Waals surface area contributed by atoms with Crippen LogP contribution in [0.25, 0.3) is 0 Å². The van der Waals surface area contributed by atoms with Crippen molar-refractivity contribution in [2.24, 2.45) is 0 Å². The predicted octanol–water partition coefficient (Wildman–Crippen LogP) is 9.79. The van der Waals surface area contributed by atoms with E-state index >= 15 is 0 Å². The van der Waals surface area contributed by atoms with Crippen molar-refractivity contribution in [3.8, 4) is 0 Å². The number of unbranched alkanes of at least 4 members (excludes halogenated alkanes) is 28. The lowest BCUT2D eigenvalue weighted by Crippen LogP contribution is -2.60. The Morgan fingerprint density at radius 1 is 0.556 bits per heavy atom. The van der Waals surface area contributed by atoms with Crippen LogP contribution >= 0.6 is 0 Å². The molecule has 372 valence electrons. The Balaban J connectivity index is 2.37. The summed E-state index contributed by atoms with van der Waals surface area (Å²) in [4.78, 5) is 13.1. The molecule has 0 aromatic rings. The number of carbonyl (C=O) groups is 1. The van der Waals surface area contributed by atoms with Gasteiger partial charge in [-0.2, -0.15) is 0 Å². The third kappa shape index (κ3) is 31.2. The molecule has 1 amide bonds. The zero-order chi connectivity index (χ0) is 46.2. The van der Waals surface area contributed by atoms with Gasteiger partial charge in [0.25, 0.3) is 0 Å². The molecule has 1 saturated heterocycles. The number of carbonyl (C=O) groups excluding carboxylic acids is 1. The Morgan fingerprint density at radius 2 is 0.968 bits per heavy atom. The first-order valence-corrected chi connectivity index (χ1v) is 26.2. The zero-order valence-electron chi connectivity index (χ0n) is 40.3. The summed E-state index contributed by atoms with van der Waals surface area (Å²) in [5.74, 6) is -0.703. The number of allylic oxidation sites excluding steroid dienone is 4. The lowest BCUT2D eigenvalue weighted by atomic mass is 9.98. The molecule has 0 aliphatic carbocycles. The average molecular weight is 898 g/mol. The van der Waals surface area contributed by atoms with Crippen molar-refractivity contribution in [2.45, 2.75) is 287 Å². The highest BCUT2D eigenvalue weighted by Crippen LogP contribution is 2.23. The van der Waals surface area contributed by atoms with Crippen molar-refractivity contribution in [3.63, 3.8) is 0 Å². The molecule has 0 radical (unpaired) electrons. The number of nitrogens with one attached hydrogen (secondary N) is 1. The first-order valence-electron chi connectivity index (χ1n) is 26.2. The molecule has 1 aliphatic rings.